The Morgan fingerprint density at radius 1 is 0.900 bits per heavy atom. The summed E-state index contributed by atoms with van der Waals surface area (Å²) < 4.78 is 8.50. The van der Waals surface area contributed by atoms with E-state index in [0.717, 1.165) is 48.1 Å². The quantitative estimate of drug-likeness (QED) is 0.583. The molecule has 0 spiro atoms. The van der Waals surface area contributed by atoms with E-state index in [-0.39, 0.29) is 5.91 Å². The Balaban J connectivity index is 1.34. The Bertz CT molecular complexity index is 971. The van der Waals surface area contributed by atoms with Crippen molar-refractivity contribution >= 4 is 29.2 Å². The molecule has 1 aliphatic heterocycles. The van der Waals surface area contributed by atoms with Gasteiger partial charge >= 0.3 is 0 Å². The molecule has 154 valence electrons. The Morgan fingerprint density at radius 3 is 2.33 bits per heavy atom. The standard InChI is InChI=1S/C24H25N3O2S/c1-29-22-12-10-20(11-13-22)25-30-23-9-5-6-19(18-23)24(28)27-16-14-26(15-17-27)21-7-3-2-4-8-21/h2-13,18,25H,14-17H2,1H3. The maximum Gasteiger partial charge on any atom is 0.254 e. The maximum atomic E-state index is 13.0. The van der Waals surface area contributed by atoms with Crippen LogP contribution in [0.25, 0.3) is 0 Å². The van der Waals surface area contributed by atoms with Gasteiger partial charge in [-0.3, -0.25) is 4.79 Å². The van der Waals surface area contributed by atoms with Crippen LogP contribution in [0.15, 0.2) is 83.8 Å². The number of amides is 1. The largest absolute Gasteiger partial charge is 0.497 e. The van der Waals surface area contributed by atoms with Crippen molar-refractivity contribution in [3.05, 3.63) is 84.4 Å². The fraction of sp³-hybridized carbons (Fsp3) is 0.208. The number of ether oxygens (including phenoxy) is 1. The number of rotatable bonds is 6. The maximum absolute atomic E-state index is 13.0. The highest BCUT2D eigenvalue weighted by molar-refractivity contribution is 8.00. The minimum Gasteiger partial charge on any atom is -0.497 e. The third-order valence-corrected chi connectivity index (χ3v) is 5.97. The molecule has 0 aliphatic carbocycles. The predicted octanol–water partition coefficient (Wildman–Crippen LogP) is 4.78. The van der Waals surface area contributed by atoms with Crippen molar-refractivity contribution in [2.75, 3.05) is 42.9 Å². The zero-order valence-electron chi connectivity index (χ0n) is 17.0. The highest BCUT2D eigenvalue weighted by Gasteiger charge is 2.22. The van der Waals surface area contributed by atoms with E-state index in [1.165, 1.54) is 17.6 Å². The fourth-order valence-electron chi connectivity index (χ4n) is 3.46. The topological polar surface area (TPSA) is 44.8 Å². The first kappa shape index (κ1) is 20.2. The minimum absolute atomic E-state index is 0.0922. The van der Waals surface area contributed by atoms with Crippen molar-refractivity contribution in [1.82, 2.24) is 4.90 Å². The summed E-state index contributed by atoms with van der Waals surface area (Å²) in [5, 5.41) is 0. The third kappa shape index (κ3) is 4.89. The lowest BCUT2D eigenvalue weighted by Crippen LogP contribution is -2.48. The second-order valence-corrected chi connectivity index (χ2v) is 7.95. The highest BCUT2D eigenvalue weighted by Crippen LogP contribution is 2.24. The van der Waals surface area contributed by atoms with Crippen molar-refractivity contribution in [3.8, 4) is 5.75 Å². The molecule has 3 aromatic rings. The van der Waals surface area contributed by atoms with Crippen LogP contribution < -0.4 is 14.4 Å². The summed E-state index contributed by atoms with van der Waals surface area (Å²) in [6.07, 6.45) is 0. The van der Waals surface area contributed by atoms with Crippen LogP contribution >= 0.6 is 11.9 Å². The van der Waals surface area contributed by atoms with E-state index >= 15 is 0 Å². The monoisotopic (exact) mass is 419 g/mol. The van der Waals surface area contributed by atoms with Crippen LogP contribution in [0.3, 0.4) is 0 Å². The van der Waals surface area contributed by atoms with Gasteiger partial charge in [-0.1, -0.05) is 24.3 Å². The number of methoxy groups -OCH3 is 1. The normalized spacial score (nSPS) is 13.8. The molecule has 3 aromatic carbocycles. The Labute approximate surface area is 181 Å². The molecule has 0 unspecified atom stereocenters. The lowest BCUT2D eigenvalue weighted by molar-refractivity contribution is 0.0746. The van der Waals surface area contributed by atoms with Gasteiger partial charge in [0.05, 0.1) is 7.11 Å². The molecule has 30 heavy (non-hydrogen) atoms. The molecule has 0 atom stereocenters. The van der Waals surface area contributed by atoms with Crippen LogP contribution in [0.5, 0.6) is 5.75 Å². The fourth-order valence-corrected chi connectivity index (χ4v) is 4.16. The number of anilines is 2. The molecule has 0 radical (unpaired) electrons. The number of hydrogen-bond acceptors (Lipinski definition) is 5. The van der Waals surface area contributed by atoms with Crippen molar-refractivity contribution in [2.45, 2.75) is 4.90 Å². The lowest BCUT2D eigenvalue weighted by Gasteiger charge is -2.36. The number of nitrogens with zero attached hydrogens (tertiary/aromatic N) is 2. The molecule has 1 fully saturated rings. The first-order valence-corrected chi connectivity index (χ1v) is 10.8. The van der Waals surface area contributed by atoms with Gasteiger partial charge in [0.15, 0.2) is 0 Å². The molecule has 0 aromatic heterocycles. The van der Waals surface area contributed by atoms with Gasteiger partial charge < -0.3 is 19.3 Å². The smallest absolute Gasteiger partial charge is 0.254 e. The van der Waals surface area contributed by atoms with Crippen LogP contribution in [0.4, 0.5) is 11.4 Å². The third-order valence-electron chi connectivity index (χ3n) is 5.15. The van der Waals surface area contributed by atoms with E-state index < -0.39 is 0 Å². The second-order valence-electron chi connectivity index (χ2n) is 7.08. The van der Waals surface area contributed by atoms with Gasteiger partial charge in [-0.05, 0) is 66.5 Å². The molecular formula is C24H25N3O2S. The average molecular weight is 420 g/mol. The first-order chi connectivity index (χ1) is 14.7. The number of carbonyl (C=O) groups is 1. The van der Waals surface area contributed by atoms with Crippen molar-refractivity contribution in [1.29, 1.82) is 0 Å². The summed E-state index contributed by atoms with van der Waals surface area (Å²) in [5.41, 5.74) is 2.92. The molecule has 0 bridgehead atoms. The molecule has 1 saturated heterocycles. The van der Waals surface area contributed by atoms with Gasteiger partial charge in [0.25, 0.3) is 5.91 Å². The number of hydrogen-bond donors (Lipinski definition) is 1. The zero-order chi connectivity index (χ0) is 20.8. The van der Waals surface area contributed by atoms with Crippen LogP contribution in [0.2, 0.25) is 0 Å². The van der Waals surface area contributed by atoms with E-state index in [1.54, 1.807) is 7.11 Å². The van der Waals surface area contributed by atoms with Crippen LogP contribution in [-0.2, 0) is 0 Å². The van der Waals surface area contributed by atoms with Gasteiger partial charge in [-0.25, -0.2) is 0 Å². The zero-order valence-corrected chi connectivity index (χ0v) is 17.8. The van der Waals surface area contributed by atoms with Gasteiger partial charge in [0, 0.05) is 48.0 Å². The number of nitrogens with one attached hydrogen (secondary N) is 1. The number of benzene rings is 3. The second kappa shape index (κ2) is 9.59. The summed E-state index contributed by atoms with van der Waals surface area (Å²) in [4.78, 5) is 18.3. The SMILES string of the molecule is COc1ccc(NSc2cccc(C(=O)N3CCN(c4ccccc4)CC3)c2)cc1. The summed E-state index contributed by atoms with van der Waals surface area (Å²) in [5.74, 6) is 0.917. The summed E-state index contributed by atoms with van der Waals surface area (Å²) in [6.45, 7) is 3.16. The Kier molecular flexibility index (Phi) is 6.44. The molecule has 1 aliphatic rings. The average Bonchev–Trinajstić information content (AvgIpc) is 2.83. The molecular weight excluding hydrogens is 394 g/mol. The summed E-state index contributed by atoms with van der Waals surface area (Å²) >= 11 is 1.49. The summed E-state index contributed by atoms with van der Waals surface area (Å²) in [6, 6.07) is 25.9. The molecule has 1 heterocycles. The lowest BCUT2D eigenvalue weighted by atomic mass is 10.1. The molecule has 5 nitrogen and oxygen atoms in total. The molecule has 4 rings (SSSR count). The number of piperazine rings is 1. The predicted molar refractivity (Wildman–Crippen MR) is 123 cm³/mol. The van der Waals surface area contributed by atoms with Crippen molar-refractivity contribution in [3.63, 3.8) is 0 Å². The number of carbonyl (C=O) groups excluding carboxylic acids is 1. The Hall–Kier alpha value is -3.12. The number of para-hydroxylation sites is 1. The van der Waals surface area contributed by atoms with E-state index in [1.807, 2.05) is 59.5 Å². The van der Waals surface area contributed by atoms with Gasteiger partial charge in [-0.15, -0.1) is 0 Å². The van der Waals surface area contributed by atoms with Crippen LogP contribution in [0, 0.1) is 0 Å². The van der Waals surface area contributed by atoms with E-state index in [9.17, 15) is 4.79 Å². The van der Waals surface area contributed by atoms with E-state index in [0.29, 0.717) is 0 Å². The van der Waals surface area contributed by atoms with Gasteiger partial charge in [0.2, 0.25) is 0 Å². The molecule has 0 saturated carbocycles. The minimum atomic E-state index is 0.0922. The van der Waals surface area contributed by atoms with E-state index in [2.05, 4.69) is 33.9 Å². The molecule has 6 heteroatoms. The van der Waals surface area contributed by atoms with Crippen LogP contribution in [0.1, 0.15) is 10.4 Å². The first-order valence-electron chi connectivity index (χ1n) is 9.99. The van der Waals surface area contributed by atoms with Crippen molar-refractivity contribution in [2.24, 2.45) is 0 Å². The van der Waals surface area contributed by atoms with Crippen LogP contribution in [-0.4, -0.2) is 44.1 Å². The van der Waals surface area contributed by atoms with Gasteiger partial charge in [-0.2, -0.15) is 0 Å². The molecule has 1 amide bonds. The van der Waals surface area contributed by atoms with E-state index in [4.69, 9.17) is 4.74 Å². The Morgan fingerprint density at radius 2 is 1.63 bits per heavy atom. The van der Waals surface area contributed by atoms with Crippen molar-refractivity contribution < 1.29 is 9.53 Å². The summed E-state index contributed by atoms with van der Waals surface area (Å²) in [7, 11) is 1.65. The van der Waals surface area contributed by atoms with Gasteiger partial charge in [0.1, 0.15) is 5.75 Å². The molecule has 1 N–H and O–H groups in total. The highest BCUT2D eigenvalue weighted by atomic mass is 32.2.